The van der Waals surface area contributed by atoms with Crippen LogP contribution in [-0.2, 0) is 24.7 Å². The van der Waals surface area contributed by atoms with Crippen LogP contribution in [0.1, 0.15) is 71.9 Å². The van der Waals surface area contributed by atoms with Gasteiger partial charge in [0.15, 0.2) is 11.4 Å². The van der Waals surface area contributed by atoms with Crippen LogP contribution in [0.5, 0.6) is 0 Å². The van der Waals surface area contributed by atoms with Gasteiger partial charge in [-0.3, -0.25) is 0 Å². The van der Waals surface area contributed by atoms with Crippen molar-refractivity contribution < 1.29 is 24.1 Å². The molecule has 0 spiro atoms. The Hall–Kier alpha value is -1.78. The van der Waals surface area contributed by atoms with Crippen LogP contribution in [0.25, 0.3) is 5.52 Å². The molecule has 3 heterocycles. The summed E-state index contributed by atoms with van der Waals surface area (Å²) in [6, 6.07) is 3.53. The highest BCUT2D eigenvalue weighted by atomic mass is 16.7. The number of rotatable bonds is 14. The summed E-state index contributed by atoms with van der Waals surface area (Å²) < 4.78 is 26.6. The number of aliphatic hydroxyl groups is 1. The van der Waals surface area contributed by atoms with E-state index in [2.05, 4.69) is 30.9 Å². The minimum Gasteiger partial charge on any atom is -0.382 e. The van der Waals surface area contributed by atoms with Gasteiger partial charge >= 0.3 is 0 Å². The Kier molecular flexibility index (Phi) is 9.06. The SMILES string of the molecule is CCCCOC[C@H]1OC(O)(c2ccc3c(N)ncnn23)[C@](C)(OCCCC)[C@@H]1OCCCC. The number of ether oxygens (including phenoxy) is 4. The second kappa shape index (κ2) is 11.6. The molecule has 3 rings (SSSR count). The average molecular weight is 465 g/mol. The monoisotopic (exact) mass is 464 g/mol. The fraction of sp³-hybridized carbons (Fsp3) is 0.750. The third-order valence-electron chi connectivity index (χ3n) is 6.32. The summed E-state index contributed by atoms with van der Waals surface area (Å²) in [6.07, 6.45) is 6.05. The molecule has 186 valence electrons. The summed E-state index contributed by atoms with van der Waals surface area (Å²) in [6.45, 7) is 10.1. The van der Waals surface area contributed by atoms with Gasteiger partial charge in [0, 0.05) is 19.8 Å². The summed E-state index contributed by atoms with van der Waals surface area (Å²) in [5, 5.41) is 16.5. The van der Waals surface area contributed by atoms with Crippen molar-refractivity contribution in [2.75, 3.05) is 32.2 Å². The maximum atomic E-state index is 12.2. The molecule has 1 unspecified atom stereocenters. The lowest BCUT2D eigenvalue weighted by molar-refractivity contribution is -0.291. The van der Waals surface area contributed by atoms with Gasteiger partial charge in [0.2, 0.25) is 5.79 Å². The van der Waals surface area contributed by atoms with Gasteiger partial charge in [-0.15, -0.1) is 0 Å². The quantitative estimate of drug-likeness (QED) is 0.409. The first-order chi connectivity index (χ1) is 15.9. The van der Waals surface area contributed by atoms with E-state index in [0.29, 0.717) is 43.5 Å². The van der Waals surface area contributed by atoms with Crippen LogP contribution in [0.15, 0.2) is 18.5 Å². The van der Waals surface area contributed by atoms with Crippen LogP contribution >= 0.6 is 0 Å². The molecule has 1 aliphatic rings. The molecule has 1 saturated heterocycles. The van der Waals surface area contributed by atoms with Crippen molar-refractivity contribution in [2.45, 2.75) is 89.8 Å². The zero-order valence-corrected chi connectivity index (χ0v) is 20.5. The van der Waals surface area contributed by atoms with Crippen LogP contribution in [0.4, 0.5) is 5.82 Å². The van der Waals surface area contributed by atoms with E-state index in [-0.39, 0.29) is 0 Å². The summed E-state index contributed by atoms with van der Waals surface area (Å²) in [7, 11) is 0. The normalized spacial score (nSPS) is 27.5. The van der Waals surface area contributed by atoms with Gasteiger partial charge < -0.3 is 29.8 Å². The first kappa shape index (κ1) is 25.8. The van der Waals surface area contributed by atoms with Crippen LogP contribution in [-0.4, -0.2) is 63.9 Å². The molecule has 4 atom stereocenters. The molecular formula is C24H40N4O5. The highest BCUT2D eigenvalue weighted by Gasteiger charge is 2.66. The fourth-order valence-corrected chi connectivity index (χ4v) is 4.27. The Balaban J connectivity index is 2.01. The Morgan fingerprint density at radius 3 is 2.52 bits per heavy atom. The van der Waals surface area contributed by atoms with Crippen molar-refractivity contribution in [2.24, 2.45) is 0 Å². The summed E-state index contributed by atoms with van der Waals surface area (Å²) >= 11 is 0. The van der Waals surface area contributed by atoms with E-state index in [0.717, 1.165) is 38.5 Å². The van der Waals surface area contributed by atoms with E-state index < -0.39 is 23.6 Å². The fourth-order valence-electron chi connectivity index (χ4n) is 4.27. The molecular weight excluding hydrogens is 424 g/mol. The zero-order chi connectivity index (χ0) is 23.9. The Labute approximate surface area is 196 Å². The lowest BCUT2D eigenvalue weighted by Crippen LogP contribution is -2.56. The lowest BCUT2D eigenvalue weighted by Gasteiger charge is -2.40. The highest BCUT2D eigenvalue weighted by molar-refractivity contribution is 5.65. The number of unbranched alkanes of at least 4 members (excludes halogenated alkanes) is 3. The Morgan fingerprint density at radius 1 is 1.09 bits per heavy atom. The van der Waals surface area contributed by atoms with Crippen molar-refractivity contribution in [3.05, 3.63) is 24.2 Å². The molecule has 1 fully saturated rings. The smallest absolute Gasteiger partial charge is 0.243 e. The van der Waals surface area contributed by atoms with Crippen molar-refractivity contribution in [1.82, 2.24) is 14.6 Å². The zero-order valence-electron chi connectivity index (χ0n) is 20.5. The van der Waals surface area contributed by atoms with E-state index in [1.807, 2.05) is 6.92 Å². The van der Waals surface area contributed by atoms with E-state index in [1.165, 1.54) is 6.33 Å². The molecule has 0 amide bonds. The van der Waals surface area contributed by atoms with E-state index in [1.54, 1.807) is 16.6 Å². The predicted molar refractivity (Wildman–Crippen MR) is 126 cm³/mol. The lowest BCUT2D eigenvalue weighted by atomic mass is 9.87. The van der Waals surface area contributed by atoms with E-state index >= 15 is 0 Å². The average Bonchev–Trinajstić information content (AvgIpc) is 3.32. The maximum Gasteiger partial charge on any atom is 0.243 e. The first-order valence-electron chi connectivity index (χ1n) is 12.2. The maximum absolute atomic E-state index is 12.2. The first-order valence-corrected chi connectivity index (χ1v) is 12.2. The van der Waals surface area contributed by atoms with E-state index in [4.69, 9.17) is 24.7 Å². The molecule has 0 aliphatic carbocycles. The topological polar surface area (TPSA) is 113 Å². The molecule has 0 aromatic carbocycles. The molecule has 0 radical (unpaired) electrons. The highest BCUT2D eigenvalue weighted by Crippen LogP contribution is 2.49. The van der Waals surface area contributed by atoms with Crippen LogP contribution in [0, 0.1) is 0 Å². The minimum atomic E-state index is -1.83. The largest absolute Gasteiger partial charge is 0.382 e. The van der Waals surface area contributed by atoms with Crippen LogP contribution in [0.3, 0.4) is 0 Å². The standard InChI is InChI=1S/C24H40N4O5/c1-5-8-13-30-16-19-21(31-14-9-6-2)23(4,32-15-10-7-3)24(29,33-19)20-12-11-18-22(25)26-17-27-28(18)20/h11-12,17,19,21,29H,5-10,13-16H2,1-4H3,(H2,25,26,27)/t19-,21-,23-,24?/m1/s1. The van der Waals surface area contributed by atoms with Gasteiger partial charge in [0.05, 0.1) is 6.61 Å². The summed E-state index contributed by atoms with van der Waals surface area (Å²) in [5.74, 6) is -1.51. The van der Waals surface area contributed by atoms with Gasteiger partial charge in [0.1, 0.15) is 29.7 Å². The number of nitrogen functional groups attached to an aromatic ring is 1. The van der Waals surface area contributed by atoms with Crippen molar-refractivity contribution in [1.29, 1.82) is 0 Å². The molecule has 1 aliphatic heterocycles. The number of nitrogens with two attached hydrogens (primary N) is 1. The number of anilines is 1. The number of nitrogens with zero attached hydrogens (tertiary/aromatic N) is 3. The molecule has 0 bridgehead atoms. The van der Waals surface area contributed by atoms with Crippen molar-refractivity contribution >= 4 is 11.3 Å². The van der Waals surface area contributed by atoms with E-state index in [9.17, 15) is 5.11 Å². The van der Waals surface area contributed by atoms with Crippen molar-refractivity contribution in [3.8, 4) is 0 Å². The van der Waals surface area contributed by atoms with Crippen molar-refractivity contribution in [3.63, 3.8) is 0 Å². The number of aromatic nitrogens is 3. The molecule has 2 aromatic heterocycles. The third kappa shape index (κ3) is 5.17. The Morgan fingerprint density at radius 2 is 1.79 bits per heavy atom. The Bertz CT molecular complexity index is 878. The molecule has 9 heteroatoms. The van der Waals surface area contributed by atoms with Crippen LogP contribution in [0.2, 0.25) is 0 Å². The predicted octanol–water partition coefficient (Wildman–Crippen LogP) is 3.43. The second-order valence-electron chi connectivity index (χ2n) is 8.84. The molecule has 3 N–H and O–H groups in total. The molecule has 9 nitrogen and oxygen atoms in total. The summed E-state index contributed by atoms with van der Waals surface area (Å²) in [4.78, 5) is 4.05. The molecule has 2 aromatic rings. The number of hydrogen-bond donors (Lipinski definition) is 2. The minimum absolute atomic E-state index is 0.298. The van der Waals surface area contributed by atoms with Gasteiger partial charge in [-0.25, -0.2) is 9.50 Å². The van der Waals surface area contributed by atoms with Gasteiger partial charge in [-0.1, -0.05) is 40.0 Å². The number of fused-ring (bicyclic) bond motifs is 1. The third-order valence-corrected chi connectivity index (χ3v) is 6.32. The number of hydrogen-bond acceptors (Lipinski definition) is 8. The van der Waals surface area contributed by atoms with Gasteiger partial charge in [-0.05, 0) is 38.3 Å². The van der Waals surface area contributed by atoms with Gasteiger partial charge in [-0.2, -0.15) is 5.10 Å². The molecule has 0 saturated carbocycles. The summed E-state index contributed by atoms with van der Waals surface area (Å²) in [5.41, 5.74) is 5.86. The second-order valence-corrected chi connectivity index (χ2v) is 8.84. The molecule has 33 heavy (non-hydrogen) atoms. The van der Waals surface area contributed by atoms with Crippen LogP contribution < -0.4 is 5.73 Å². The van der Waals surface area contributed by atoms with Gasteiger partial charge in [0.25, 0.3) is 0 Å².